The van der Waals surface area contributed by atoms with Gasteiger partial charge in [-0.25, -0.2) is 18.4 Å². The molecule has 0 amide bonds. The van der Waals surface area contributed by atoms with Crippen molar-refractivity contribution >= 4 is 38.7 Å². The maximum absolute atomic E-state index is 12.8. The fourth-order valence-electron chi connectivity index (χ4n) is 2.96. The summed E-state index contributed by atoms with van der Waals surface area (Å²) < 4.78 is 27.6. The van der Waals surface area contributed by atoms with E-state index < -0.39 is 10.0 Å². The maximum atomic E-state index is 12.8. The van der Waals surface area contributed by atoms with Gasteiger partial charge >= 0.3 is 0 Å². The zero-order chi connectivity index (χ0) is 20.0. The summed E-state index contributed by atoms with van der Waals surface area (Å²) in [5, 5.41) is 7.50. The van der Waals surface area contributed by atoms with Crippen LogP contribution in [0.5, 0.6) is 0 Å². The van der Waals surface area contributed by atoms with Crippen LogP contribution in [0.4, 0.5) is 0 Å². The summed E-state index contributed by atoms with van der Waals surface area (Å²) in [5.41, 5.74) is 0. The number of aromatic nitrogens is 1. The molecule has 1 aliphatic rings. The van der Waals surface area contributed by atoms with Gasteiger partial charge in [-0.3, -0.25) is 0 Å². The molecule has 28 heavy (non-hydrogen) atoms. The SMILES string of the molecule is CCNC(=NCc1ccc(S(=O)(=O)N2CCCCC2)s1)NCc1ncc(C)s1. The summed E-state index contributed by atoms with van der Waals surface area (Å²) in [5.74, 6) is 0.698. The number of thiophene rings is 1. The number of piperidine rings is 1. The standard InChI is InChI=1S/C18H27N5O2S3/c1-3-19-18(22-13-16-20-11-14(2)26-16)21-12-15-7-8-17(27-15)28(24,25)23-9-5-4-6-10-23/h7-8,11H,3-6,9-10,12-13H2,1-2H3,(H2,19,21,22). The normalized spacial score (nSPS) is 16.3. The van der Waals surface area contributed by atoms with Crippen LogP contribution in [-0.2, 0) is 23.1 Å². The fraction of sp³-hybridized carbons (Fsp3) is 0.556. The lowest BCUT2D eigenvalue weighted by atomic mass is 10.2. The van der Waals surface area contributed by atoms with Gasteiger partial charge in [0.15, 0.2) is 5.96 Å². The van der Waals surface area contributed by atoms with Crippen LogP contribution >= 0.6 is 22.7 Å². The predicted molar refractivity (Wildman–Crippen MR) is 115 cm³/mol. The van der Waals surface area contributed by atoms with Crippen LogP contribution in [0.25, 0.3) is 0 Å². The van der Waals surface area contributed by atoms with E-state index in [4.69, 9.17) is 0 Å². The van der Waals surface area contributed by atoms with Gasteiger partial charge in [0.1, 0.15) is 9.22 Å². The van der Waals surface area contributed by atoms with E-state index in [0.29, 0.717) is 36.3 Å². The molecule has 0 saturated carbocycles. The molecular formula is C18H27N5O2S3. The van der Waals surface area contributed by atoms with Gasteiger partial charge in [-0.05, 0) is 38.8 Å². The van der Waals surface area contributed by atoms with Gasteiger partial charge in [-0.15, -0.1) is 22.7 Å². The van der Waals surface area contributed by atoms with E-state index in [0.717, 1.165) is 35.7 Å². The first-order valence-corrected chi connectivity index (χ1v) is 12.6. The topological polar surface area (TPSA) is 86.7 Å². The second-order valence-corrected chi connectivity index (χ2v) is 11.3. The molecule has 0 aromatic carbocycles. The van der Waals surface area contributed by atoms with Gasteiger partial charge in [0, 0.05) is 35.6 Å². The van der Waals surface area contributed by atoms with Gasteiger partial charge < -0.3 is 10.6 Å². The quantitative estimate of drug-likeness (QED) is 0.510. The van der Waals surface area contributed by atoms with Crippen LogP contribution in [0.15, 0.2) is 27.5 Å². The highest BCUT2D eigenvalue weighted by Crippen LogP contribution is 2.27. The predicted octanol–water partition coefficient (Wildman–Crippen LogP) is 2.94. The Kier molecular flexibility index (Phi) is 7.44. The maximum Gasteiger partial charge on any atom is 0.252 e. The van der Waals surface area contributed by atoms with E-state index in [1.807, 2.05) is 26.1 Å². The highest BCUT2D eigenvalue weighted by molar-refractivity contribution is 7.91. The Hall–Kier alpha value is -1.49. The van der Waals surface area contributed by atoms with E-state index in [1.165, 1.54) is 16.2 Å². The minimum absolute atomic E-state index is 0.413. The van der Waals surface area contributed by atoms with E-state index in [1.54, 1.807) is 21.7 Å². The molecule has 1 saturated heterocycles. The Labute approximate surface area is 175 Å². The second-order valence-electron chi connectivity index (χ2n) is 6.60. The molecule has 154 valence electrons. The Bertz CT molecular complexity index is 898. The number of aliphatic imine (C=N–C) groups is 1. The molecule has 0 bridgehead atoms. The number of aryl methyl sites for hydroxylation is 1. The van der Waals surface area contributed by atoms with Crippen molar-refractivity contribution in [2.45, 2.75) is 50.4 Å². The molecule has 1 aliphatic heterocycles. The molecular weight excluding hydrogens is 414 g/mol. The summed E-state index contributed by atoms with van der Waals surface area (Å²) in [7, 11) is -3.37. The molecule has 7 nitrogen and oxygen atoms in total. The number of nitrogens with one attached hydrogen (secondary N) is 2. The molecule has 2 aromatic heterocycles. The number of rotatable bonds is 7. The number of guanidine groups is 1. The molecule has 0 aliphatic carbocycles. The molecule has 0 unspecified atom stereocenters. The van der Waals surface area contributed by atoms with Crippen molar-refractivity contribution in [3.05, 3.63) is 33.1 Å². The van der Waals surface area contributed by atoms with E-state index in [2.05, 4.69) is 20.6 Å². The smallest absolute Gasteiger partial charge is 0.252 e. The lowest BCUT2D eigenvalue weighted by Crippen LogP contribution is -2.36. The first-order chi connectivity index (χ1) is 13.5. The molecule has 0 spiro atoms. The number of hydrogen-bond donors (Lipinski definition) is 2. The third kappa shape index (κ3) is 5.53. The molecule has 3 heterocycles. The summed E-state index contributed by atoms with van der Waals surface area (Å²) >= 11 is 2.96. The Morgan fingerprint density at radius 2 is 2.00 bits per heavy atom. The van der Waals surface area contributed by atoms with Gasteiger partial charge in [0.2, 0.25) is 0 Å². The van der Waals surface area contributed by atoms with E-state index in [9.17, 15) is 8.42 Å². The Morgan fingerprint density at radius 3 is 2.68 bits per heavy atom. The minimum atomic E-state index is -3.37. The summed E-state index contributed by atoms with van der Waals surface area (Å²) in [6, 6.07) is 3.57. The molecule has 10 heteroatoms. The van der Waals surface area contributed by atoms with Crippen LogP contribution < -0.4 is 10.6 Å². The molecule has 2 aromatic rings. The summed E-state index contributed by atoms with van der Waals surface area (Å²) in [6.07, 6.45) is 4.86. The highest BCUT2D eigenvalue weighted by atomic mass is 32.2. The zero-order valence-corrected chi connectivity index (χ0v) is 18.7. The molecule has 0 atom stereocenters. The van der Waals surface area contributed by atoms with E-state index >= 15 is 0 Å². The van der Waals surface area contributed by atoms with Crippen molar-refractivity contribution in [3.8, 4) is 0 Å². The fourth-order valence-corrected chi connectivity index (χ4v) is 6.63. The molecule has 2 N–H and O–H groups in total. The molecule has 3 rings (SSSR count). The van der Waals surface area contributed by atoms with Gasteiger partial charge in [0.25, 0.3) is 10.0 Å². The zero-order valence-electron chi connectivity index (χ0n) is 16.3. The molecule has 0 radical (unpaired) electrons. The van der Waals surface area contributed by atoms with Crippen molar-refractivity contribution in [1.82, 2.24) is 19.9 Å². The van der Waals surface area contributed by atoms with Crippen LogP contribution in [0.2, 0.25) is 0 Å². The van der Waals surface area contributed by atoms with Gasteiger partial charge in [0.05, 0.1) is 13.1 Å². The van der Waals surface area contributed by atoms with Gasteiger partial charge in [-0.2, -0.15) is 4.31 Å². The lowest BCUT2D eigenvalue weighted by Gasteiger charge is -2.25. The van der Waals surface area contributed by atoms with Crippen molar-refractivity contribution < 1.29 is 8.42 Å². The molecule has 1 fully saturated rings. The van der Waals surface area contributed by atoms with E-state index in [-0.39, 0.29) is 0 Å². The van der Waals surface area contributed by atoms with Crippen LogP contribution in [0.3, 0.4) is 0 Å². The third-order valence-corrected chi connectivity index (χ3v) is 8.71. The van der Waals surface area contributed by atoms with Crippen molar-refractivity contribution in [1.29, 1.82) is 0 Å². The monoisotopic (exact) mass is 441 g/mol. The summed E-state index contributed by atoms with van der Waals surface area (Å²) in [6.45, 7) is 7.10. The van der Waals surface area contributed by atoms with Crippen LogP contribution in [0.1, 0.15) is 40.9 Å². The Balaban J connectivity index is 1.63. The lowest BCUT2D eigenvalue weighted by molar-refractivity contribution is 0.347. The second kappa shape index (κ2) is 9.82. The minimum Gasteiger partial charge on any atom is -0.357 e. The number of hydrogen-bond acceptors (Lipinski definition) is 6. The Morgan fingerprint density at radius 1 is 1.21 bits per heavy atom. The van der Waals surface area contributed by atoms with Crippen LogP contribution in [0, 0.1) is 6.92 Å². The van der Waals surface area contributed by atoms with Gasteiger partial charge in [-0.1, -0.05) is 6.42 Å². The van der Waals surface area contributed by atoms with Crippen molar-refractivity contribution in [2.75, 3.05) is 19.6 Å². The average molecular weight is 442 g/mol. The average Bonchev–Trinajstić information content (AvgIpc) is 3.34. The highest BCUT2D eigenvalue weighted by Gasteiger charge is 2.27. The number of sulfonamides is 1. The summed E-state index contributed by atoms with van der Waals surface area (Å²) in [4.78, 5) is 11.0. The van der Waals surface area contributed by atoms with Crippen LogP contribution in [-0.4, -0.2) is 43.3 Å². The van der Waals surface area contributed by atoms with Crippen molar-refractivity contribution in [3.63, 3.8) is 0 Å². The van der Waals surface area contributed by atoms with Crippen molar-refractivity contribution in [2.24, 2.45) is 4.99 Å². The third-order valence-electron chi connectivity index (χ3n) is 4.36. The largest absolute Gasteiger partial charge is 0.357 e. The number of thiazole rings is 1. The first-order valence-electron chi connectivity index (χ1n) is 9.51. The first kappa shape index (κ1) is 21.2. The number of nitrogens with zero attached hydrogens (tertiary/aromatic N) is 3.